The fourth-order valence-electron chi connectivity index (χ4n) is 1.44. The van der Waals surface area contributed by atoms with E-state index in [1.165, 1.54) is 0 Å². The molecule has 1 unspecified atom stereocenters. The molecular formula is C13H21NO4. The Labute approximate surface area is 107 Å². The maximum atomic E-state index is 9.62. The van der Waals surface area contributed by atoms with Crippen LogP contribution in [0.25, 0.3) is 0 Å². The van der Waals surface area contributed by atoms with Crippen molar-refractivity contribution in [2.75, 3.05) is 26.4 Å². The van der Waals surface area contributed by atoms with E-state index in [4.69, 9.17) is 14.9 Å². The molecule has 1 aromatic carbocycles. The van der Waals surface area contributed by atoms with Crippen molar-refractivity contribution in [1.29, 1.82) is 0 Å². The highest BCUT2D eigenvalue weighted by molar-refractivity contribution is 5.13. The molecule has 0 aromatic heterocycles. The summed E-state index contributed by atoms with van der Waals surface area (Å²) in [5.41, 5.74) is 1.06. The van der Waals surface area contributed by atoms with Crippen molar-refractivity contribution in [3.05, 3.63) is 35.9 Å². The van der Waals surface area contributed by atoms with Crippen molar-refractivity contribution in [3.63, 3.8) is 0 Å². The molecule has 0 aliphatic heterocycles. The van der Waals surface area contributed by atoms with Gasteiger partial charge in [-0.25, -0.2) is 0 Å². The van der Waals surface area contributed by atoms with Crippen LogP contribution in [0.3, 0.4) is 0 Å². The first kappa shape index (κ1) is 15.1. The summed E-state index contributed by atoms with van der Waals surface area (Å²) < 4.78 is 5.37. The summed E-state index contributed by atoms with van der Waals surface area (Å²) in [6, 6.07) is 9.32. The van der Waals surface area contributed by atoms with Gasteiger partial charge in [0.05, 0.1) is 38.6 Å². The maximum Gasteiger partial charge on any atom is 0.0897 e. The summed E-state index contributed by atoms with van der Waals surface area (Å²) >= 11 is 0. The first-order valence-electron chi connectivity index (χ1n) is 6.01. The van der Waals surface area contributed by atoms with Gasteiger partial charge in [0.2, 0.25) is 0 Å². The molecule has 18 heavy (non-hydrogen) atoms. The number of aliphatic hydroxyl groups is 3. The molecule has 0 heterocycles. The summed E-state index contributed by atoms with van der Waals surface area (Å²) in [5, 5.41) is 30.1. The lowest BCUT2D eigenvalue weighted by Crippen LogP contribution is -2.41. The Balaban J connectivity index is 2.12. The lowest BCUT2D eigenvalue weighted by molar-refractivity contribution is 0.0251. The molecule has 1 atom stereocenters. The minimum atomic E-state index is -0.658. The Morgan fingerprint density at radius 1 is 1.11 bits per heavy atom. The monoisotopic (exact) mass is 255 g/mol. The second-order valence-electron chi connectivity index (χ2n) is 4.12. The zero-order valence-electron chi connectivity index (χ0n) is 10.3. The quantitative estimate of drug-likeness (QED) is 0.478. The fraction of sp³-hybridized carbons (Fsp3) is 0.538. The zero-order chi connectivity index (χ0) is 13.2. The molecule has 0 saturated carbocycles. The summed E-state index contributed by atoms with van der Waals surface area (Å²) in [4.78, 5) is 0. The van der Waals surface area contributed by atoms with Gasteiger partial charge in [-0.2, -0.15) is 0 Å². The van der Waals surface area contributed by atoms with Crippen LogP contribution in [0.15, 0.2) is 30.3 Å². The van der Waals surface area contributed by atoms with Crippen LogP contribution in [-0.4, -0.2) is 53.8 Å². The maximum absolute atomic E-state index is 9.62. The molecule has 0 bridgehead atoms. The van der Waals surface area contributed by atoms with Crippen LogP contribution < -0.4 is 5.32 Å². The first-order valence-corrected chi connectivity index (χ1v) is 6.01. The van der Waals surface area contributed by atoms with Gasteiger partial charge in [-0.1, -0.05) is 30.3 Å². The molecule has 0 fully saturated rings. The topological polar surface area (TPSA) is 82.0 Å². The van der Waals surface area contributed by atoms with E-state index in [2.05, 4.69) is 5.32 Å². The largest absolute Gasteiger partial charge is 0.395 e. The number of hydrogen-bond donors (Lipinski definition) is 4. The van der Waals surface area contributed by atoms with Crippen LogP contribution in [-0.2, 0) is 11.3 Å². The molecule has 0 aliphatic carbocycles. The molecule has 4 N–H and O–H groups in total. The summed E-state index contributed by atoms with van der Waals surface area (Å²) in [7, 11) is 0. The molecule has 5 heteroatoms. The lowest BCUT2D eigenvalue weighted by Gasteiger charge is -2.17. The van der Waals surface area contributed by atoms with Crippen molar-refractivity contribution in [2.24, 2.45) is 0 Å². The summed E-state index contributed by atoms with van der Waals surface area (Å²) in [6.07, 6.45) is -0.658. The Morgan fingerprint density at radius 2 is 1.78 bits per heavy atom. The van der Waals surface area contributed by atoms with Gasteiger partial charge in [0.15, 0.2) is 0 Å². The Hall–Kier alpha value is -0.980. The molecule has 0 radical (unpaired) electrons. The molecule has 5 nitrogen and oxygen atoms in total. The second kappa shape index (κ2) is 9.02. The van der Waals surface area contributed by atoms with Crippen LogP contribution in [0.2, 0.25) is 0 Å². The zero-order valence-corrected chi connectivity index (χ0v) is 10.3. The number of hydrogen-bond acceptors (Lipinski definition) is 5. The van der Waals surface area contributed by atoms with E-state index < -0.39 is 12.1 Å². The van der Waals surface area contributed by atoms with E-state index in [1.807, 2.05) is 30.3 Å². The number of rotatable bonds is 9. The molecule has 0 aliphatic rings. The fourth-order valence-corrected chi connectivity index (χ4v) is 1.44. The van der Waals surface area contributed by atoms with E-state index >= 15 is 0 Å². The first-order chi connectivity index (χ1) is 8.76. The van der Waals surface area contributed by atoms with E-state index in [9.17, 15) is 5.11 Å². The van der Waals surface area contributed by atoms with Crippen molar-refractivity contribution < 1.29 is 20.1 Å². The predicted molar refractivity (Wildman–Crippen MR) is 68.1 cm³/mol. The molecule has 0 spiro atoms. The molecule has 1 aromatic rings. The van der Waals surface area contributed by atoms with Gasteiger partial charge >= 0.3 is 0 Å². The minimum absolute atomic E-state index is 0.159. The molecule has 1 rings (SSSR count). The van der Waals surface area contributed by atoms with Gasteiger partial charge in [0.1, 0.15) is 0 Å². The van der Waals surface area contributed by atoms with Gasteiger partial charge < -0.3 is 25.4 Å². The SMILES string of the molecule is OCC(CO)NCC(O)COCc1ccccc1. The van der Waals surface area contributed by atoms with Gasteiger partial charge in [0.25, 0.3) is 0 Å². The highest BCUT2D eigenvalue weighted by atomic mass is 16.5. The van der Waals surface area contributed by atoms with Crippen LogP contribution in [0.4, 0.5) is 0 Å². The van der Waals surface area contributed by atoms with Crippen LogP contribution >= 0.6 is 0 Å². The van der Waals surface area contributed by atoms with Crippen molar-refractivity contribution in [1.82, 2.24) is 5.32 Å². The average molecular weight is 255 g/mol. The second-order valence-corrected chi connectivity index (χ2v) is 4.12. The average Bonchev–Trinajstić information content (AvgIpc) is 2.41. The third kappa shape index (κ3) is 6.09. The number of ether oxygens (including phenoxy) is 1. The lowest BCUT2D eigenvalue weighted by atomic mass is 10.2. The number of nitrogens with one attached hydrogen (secondary N) is 1. The van der Waals surface area contributed by atoms with Gasteiger partial charge in [-0.05, 0) is 5.56 Å². The molecule has 0 amide bonds. The predicted octanol–water partition coefficient (Wildman–Crippen LogP) is -0.493. The van der Waals surface area contributed by atoms with Crippen molar-refractivity contribution >= 4 is 0 Å². The number of benzene rings is 1. The smallest absolute Gasteiger partial charge is 0.0897 e. The van der Waals surface area contributed by atoms with Gasteiger partial charge in [0, 0.05) is 6.54 Å². The van der Waals surface area contributed by atoms with Crippen LogP contribution in [0, 0.1) is 0 Å². The summed E-state index contributed by atoms with van der Waals surface area (Å²) in [5.74, 6) is 0. The standard InChI is InChI=1S/C13H21NO4/c15-7-12(8-16)14-6-13(17)10-18-9-11-4-2-1-3-5-11/h1-5,12-17H,6-10H2. The normalized spacial score (nSPS) is 12.9. The van der Waals surface area contributed by atoms with E-state index in [0.717, 1.165) is 5.56 Å². The van der Waals surface area contributed by atoms with Crippen molar-refractivity contribution in [2.45, 2.75) is 18.8 Å². The minimum Gasteiger partial charge on any atom is -0.395 e. The molecular weight excluding hydrogens is 234 g/mol. The van der Waals surface area contributed by atoms with E-state index in [-0.39, 0.29) is 26.4 Å². The Kier molecular flexibility index (Phi) is 7.55. The van der Waals surface area contributed by atoms with Crippen LogP contribution in [0.5, 0.6) is 0 Å². The van der Waals surface area contributed by atoms with E-state index in [1.54, 1.807) is 0 Å². The van der Waals surface area contributed by atoms with Crippen LogP contribution in [0.1, 0.15) is 5.56 Å². The molecule has 0 saturated heterocycles. The third-order valence-corrected chi connectivity index (χ3v) is 2.50. The van der Waals surface area contributed by atoms with Gasteiger partial charge in [-0.15, -0.1) is 0 Å². The van der Waals surface area contributed by atoms with Crippen molar-refractivity contribution in [3.8, 4) is 0 Å². The highest BCUT2D eigenvalue weighted by Crippen LogP contribution is 2.00. The molecule has 102 valence electrons. The van der Waals surface area contributed by atoms with E-state index in [0.29, 0.717) is 6.61 Å². The highest BCUT2D eigenvalue weighted by Gasteiger charge is 2.09. The van der Waals surface area contributed by atoms with Gasteiger partial charge in [-0.3, -0.25) is 0 Å². The Morgan fingerprint density at radius 3 is 2.39 bits per heavy atom. The number of aliphatic hydroxyl groups excluding tert-OH is 3. The Bertz CT molecular complexity index is 303. The summed E-state index contributed by atoms with van der Waals surface area (Å²) in [6.45, 7) is 0.634. The third-order valence-electron chi connectivity index (χ3n) is 2.50.